The molecule has 3 aliphatic rings. The van der Waals surface area contributed by atoms with E-state index in [0.717, 1.165) is 45.3 Å². The first-order valence-electron chi connectivity index (χ1n) is 7.21. The van der Waals surface area contributed by atoms with Crippen LogP contribution in [0.25, 0.3) is 0 Å². The maximum absolute atomic E-state index is 12.4. The second kappa shape index (κ2) is 4.78. The number of rotatable bonds is 6. The zero-order valence-electron chi connectivity index (χ0n) is 11.5. The van der Waals surface area contributed by atoms with E-state index in [0.29, 0.717) is 5.92 Å². The summed E-state index contributed by atoms with van der Waals surface area (Å²) in [6.07, 6.45) is 5.42. The van der Waals surface area contributed by atoms with Crippen molar-refractivity contribution in [1.82, 2.24) is 10.2 Å². The van der Waals surface area contributed by atoms with E-state index in [1.54, 1.807) is 12.0 Å². The third-order valence-electron chi connectivity index (χ3n) is 4.64. The molecular formula is C14H22N2O3. The van der Waals surface area contributed by atoms with Crippen molar-refractivity contribution in [1.29, 1.82) is 0 Å². The van der Waals surface area contributed by atoms with Gasteiger partial charge in [0.05, 0.1) is 6.54 Å². The molecule has 2 amide bonds. The number of carbonyl (C=O) groups is 2. The van der Waals surface area contributed by atoms with Gasteiger partial charge >= 0.3 is 0 Å². The molecule has 0 aromatic heterocycles. The number of methoxy groups -OCH3 is 1. The first-order valence-corrected chi connectivity index (χ1v) is 7.21. The normalized spacial score (nSPS) is 29.3. The van der Waals surface area contributed by atoms with Crippen LogP contribution in [-0.2, 0) is 14.3 Å². The number of hydrogen-bond donors (Lipinski definition) is 1. The fourth-order valence-corrected chi connectivity index (χ4v) is 3.00. The topological polar surface area (TPSA) is 58.6 Å². The van der Waals surface area contributed by atoms with E-state index in [2.05, 4.69) is 5.32 Å². The Bertz CT molecular complexity index is 388. The summed E-state index contributed by atoms with van der Waals surface area (Å²) in [7, 11) is 1.71. The van der Waals surface area contributed by atoms with Gasteiger partial charge in [0.25, 0.3) is 0 Å². The van der Waals surface area contributed by atoms with Gasteiger partial charge in [0.2, 0.25) is 11.8 Å². The van der Waals surface area contributed by atoms with E-state index >= 15 is 0 Å². The fourth-order valence-electron chi connectivity index (χ4n) is 3.00. The zero-order valence-corrected chi connectivity index (χ0v) is 11.5. The Morgan fingerprint density at radius 3 is 2.68 bits per heavy atom. The number of carbonyl (C=O) groups excluding carboxylic acids is 2. The first kappa shape index (κ1) is 12.9. The van der Waals surface area contributed by atoms with Crippen molar-refractivity contribution in [3.8, 4) is 0 Å². The molecule has 106 valence electrons. The number of amides is 2. The minimum atomic E-state index is -0.250. The smallest absolute Gasteiger partial charge is 0.245 e. The van der Waals surface area contributed by atoms with Crippen molar-refractivity contribution in [3.05, 3.63) is 0 Å². The van der Waals surface area contributed by atoms with E-state index in [9.17, 15) is 9.59 Å². The first-order chi connectivity index (χ1) is 9.13. The highest BCUT2D eigenvalue weighted by molar-refractivity contribution is 5.95. The summed E-state index contributed by atoms with van der Waals surface area (Å²) >= 11 is 0. The molecule has 1 saturated heterocycles. The van der Waals surface area contributed by atoms with Crippen molar-refractivity contribution < 1.29 is 14.3 Å². The lowest BCUT2D eigenvalue weighted by Gasteiger charge is -2.35. The predicted molar refractivity (Wildman–Crippen MR) is 69.4 cm³/mol. The lowest BCUT2D eigenvalue weighted by Crippen LogP contribution is -2.59. The van der Waals surface area contributed by atoms with E-state index in [1.165, 1.54) is 0 Å². The second-order valence-electron chi connectivity index (χ2n) is 6.32. The zero-order chi connectivity index (χ0) is 13.5. The quantitative estimate of drug-likeness (QED) is 0.763. The van der Waals surface area contributed by atoms with Crippen molar-refractivity contribution >= 4 is 11.8 Å². The summed E-state index contributed by atoms with van der Waals surface area (Å²) in [6, 6.07) is -0.250. The van der Waals surface area contributed by atoms with Gasteiger partial charge in [-0.05, 0) is 43.4 Å². The molecule has 2 saturated carbocycles. The largest absolute Gasteiger partial charge is 0.385 e. The van der Waals surface area contributed by atoms with Crippen LogP contribution in [0.2, 0.25) is 0 Å². The maximum Gasteiger partial charge on any atom is 0.245 e. The highest BCUT2D eigenvalue weighted by Crippen LogP contribution is 2.49. The average Bonchev–Trinajstić information content (AvgIpc) is 3.26. The van der Waals surface area contributed by atoms with E-state index < -0.39 is 0 Å². The molecule has 3 rings (SSSR count). The van der Waals surface area contributed by atoms with Crippen molar-refractivity contribution in [2.45, 2.75) is 38.1 Å². The third-order valence-corrected chi connectivity index (χ3v) is 4.64. The van der Waals surface area contributed by atoms with Crippen LogP contribution in [0.15, 0.2) is 0 Å². The van der Waals surface area contributed by atoms with Crippen molar-refractivity contribution in [2.75, 3.05) is 26.8 Å². The maximum atomic E-state index is 12.4. The van der Waals surface area contributed by atoms with Gasteiger partial charge in [0, 0.05) is 20.3 Å². The molecule has 1 unspecified atom stereocenters. The molecule has 2 aliphatic carbocycles. The van der Waals surface area contributed by atoms with Gasteiger partial charge in [-0.25, -0.2) is 0 Å². The number of nitrogens with zero attached hydrogens (tertiary/aromatic N) is 1. The molecule has 1 N–H and O–H groups in total. The van der Waals surface area contributed by atoms with Gasteiger partial charge in [-0.3, -0.25) is 9.59 Å². The highest BCUT2D eigenvalue weighted by Gasteiger charge is 2.48. The monoisotopic (exact) mass is 266 g/mol. The van der Waals surface area contributed by atoms with Gasteiger partial charge in [0.15, 0.2) is 0 Å². The molecule has 0 aromatic carbocycles. The summed E-state index contributed by atoms with van der Waals surface area (Å²) in [5.41, 5.74) is 0.220. The Hall–Kier alpha value is -1.10. The molecule has 0 bridgehead atoms. The summed E-state index contributed by atoms with van der Waals surface area (Å²) in [5.74, 6) is 0.512. The minimum absolute atomic E-state index is 0.000887. The molecule has 5 nitrogen and oxygen atoms in total. The van der Waals surface area contributed by atoms with Crippen molar-refractivity contribution in [2.24, 2.45) is 11.3 Å². The molecule has 3 fully saturated rings. The van der Waals surface area contributed by atoms with Crippen LogP contribution in [0.4, 0.5) is 0 Å². The highest BCUT2D eigenvalue weighted by atomic mass is 16.5. The van der Waals surface area contributed by atoms with Crippen LogP contribution in [0.1, 0.15) is 32.1 Å². The Morgan fingerprint density at radius 1 is 1.37 bits per heavy atom. The van der Waals surface area contributed by atoms with Gasteiger partial charge in [-0.1, -0.05) is 0 Å². The average molecular weight is 266 g/mol. The minimum Gasteiger partial charge on any atom is -0.385 e. The molecule has 0 aromatic rings. The summed E-state index contributed by atoms with van der Waals surface area (Å²) in [5, 5.41) is 2.85. The van der Waals surface area contributed by atoms with Gasteiger partial charge in [-0.15, -0.1) is 0 Å². The van der Waals surface area contributed by atoms with Crippen LogP contribution in [-0.4, -0.2) is 49.6 Å². The molecule has 0 spiro atoms. The molecule has 1 heterocycles. The van der Waals surface area contributed by atoms with Gasteiger partial charge in [-0.2, -0.15) is 0 Å². The van der Waals surface area contributed by atoms with Crippen molar-refractivity contribution in [3.63, 3.8) is 0 Å². The lowest BCUT2D eigenvalue weighted by atomic mass is 10.00. The SMILES string of the molecule is COCCC1(CN2CC(=O)NC(C3CC3)C2=O)CC1. The van der Waals surface area contributed by atoms with E-state index in [-0.39, 0.29) is 29.8 Å². The van der Waals surface area contributed by atoms with Gasteiger partial charge < -0.3 is 15.0 Å². The van der Waals surface area contributed by atoms with Crippen LogP contribution in [0.5, 0.6) is 0 Å². The Kier molecular flexibility index (Phi) is 3.25. The molecular weight excluding hydrogens is 244 g/mol. The van der Waals surface area contributed by atoms with E-state index in [4.69, 9.17) is 4.74 Å². The molecule has 0 radical (unpaired) electrons. The molecule has 1 aliphatic heterocycles. The lowest BCUT2D eigenvalue weighted by molar-refractivity contribution is -0.145. The Morgan fingerprint density at radius 2 is 2.11 bits per heavy atom. The fraction of sp³-hybridized carbons (Fsp3) is 0.857. The van der Waals surface area contributed by atoms with Gasteiger partial charge in [0.1, 0.15) is 6.04 Å². The van der Waals surface area contributed by atoms with Crippen LogP contribution >= 0.6 is 0 Å². The Balaban J connectivity index is 1.62. The number of piperazine rings is 1. The van der Waals surface area contributed by atoms with Crippen LogP contribution in [0, 0.1) is 11.3 Å². The number of nitrogens with one attached hydrogen (secondary N) is 1. The number of ether oxygens (including phenoxy) is 1. The molecule has 5 heteroatoms. The second-order valence-corrected chi connectivity index (χ2v) is 6.32. The number of hydrogen-bond acceptors (Lipinski definition) is 3. The summed E-state index contributed by atoms with van der Waals surface area (Å²) in [4.78, 5) is 25.9. The Labute approximate surface area is 113 Å². The van der Waals surface area contributed by atoms with Crippen LogP contribution in [0.3, 0.4) is 0 Å². The predicted octanol–water partition coefficient (Wildman–Crippen LogP) is 0.540. The van der Waals surface area contributed by atoms with E-state index in [1.807, 2.05) is 0 Å². The summed E-state index contributed by atoms with van der Waals surface area (Å²) < 4.78 is 5.14. The summed E-state index contributed by atoms with van der Waals surface area (Å²) in [6.45, 7) is 1.70. The third kappa shape index (κ3) is 2.76. The standard InChI is InChI=1S/C14H22N2O3/c1-19-7-6-14(4-5-14)9-16-8-11(17)15-12(13(16)18)10-2-3-10/h10,12H,2-9H2,1H3,(H,15,17). The molecule has 1 atom stereocenters. The van der Waals surface area contributed by atoms with Crippen LogP contribution < -0.4 is 5.32 Å². The molecule has 19 heavy (non-hydrogen) atoms.